The highest BCUT2D eigenvalue weighted by atomic mass is 32.2. The van der Waals surface area contributed by atoms with Crippen LogP contribution < -0.4 is 14.9 Å². The molecule has 5 aliphatic rings. The monoisotopic (exact) mass is 807 g/mol. The Morgan fingerprint density at radius 1 is 0.889 bits per heavy atom. The predicted octanol–water partition coefficient (Wildman–Crippen LogP) is 6.03. The van der Waals surface area contributed by atoms with Gasteiger partial charge in [-0.3, -0.25) is 9.62 Å². The molecule has 2 aliphatic carbocycles. The van der Waals surface area contributed by atoms with Crippen molar-refractivity contribution in [3.8, 4) is 21.8 Å². The minimum Gasteiger partial charge on any atom is -0.351 e. The van der Waals surface area contributed by atoms with Crippen molar-refractivity contribution in [1.82, 2.24) is 19.9 Å². The topological polar surface area (TPSA) is 137 Å². The van der Waals surface area contributed by atoms with Crippen LogP contribution >= 0.6 is 11.3 Å². The first kappa shape index (κ1) is 35.7. The highest BCUT2D eigenvalue weighted by Gasteiger charge is 2.59. The summed E-state index contributed by atoms with van der Waals surface area (Å²) in [5.41, 5.74) is -2.05. The van der Waals surface area contributed by atoms with Gasteiger partial charge in [0.2, 0.25) is 5.95 Å². The number of nitrogens with zero attached hydrogens (tertiary/aromatic N) is 5. The maximum Gasteiger partial charge on any atom is 0.417 e. The van der Waals surface area contributed by atoms with Gasteiger partial charge in [-0.2, -0.15) is 13.2 Å². The zero-order valence-corrected chi connectivity index (χ0v) is 30.9. The van der Waals surface area contributed by atoms with Crippen LogP contribution in [-0.2, 0) is 26.0 Å². The Morgan fingerprint density at radius 2 is 1.59 bits per heavy atom. The lowest BCUT2D eigenvalue weighted by atomic mass is 9.90. The Balaban J connectivity index is 1.09. The Hall–Kier alpha value is -3.94. The number of aromatic nitrogens is 3. The first-order chi connectivity index (χ1) is 25.7. The fraction of sp³-hybridized carbons (Fsp3) is 0.457. The lowest BCUT2D eigenvalue weighted by Gasteiger charge is -2.46. The zero-order chi connectivity index (χ0) is 37.7. The van der Waals surface area contributed by atoms with Crippen LogP contribution in [0.5, 0.6) is 0 Å². The summed E-state index contributed by atoms with van der Waals surface area (Å²) in [6.45, 7) is 1.74. The largest absolute Gasteiger partial charge is 0.417 e. The fourth-order valence-electron chi connectivity index (χ4n) is 8.54. The maximum absolute atomic E-state index is 16.6. The third kappa shape index (κ3) is 6.29. The Kier molecular flexibility index (Phi) is 8.48. The Labute approximate surface area is 312 Å². The van der Waals surface area contributed by atoms with Crippen molar-refractivity contribution >= 4 is 48.0 Å². The number of piperazine rings is 1. The molecular formula is C35H34F5N7O4S3. The van der Waals surface area contributed by atoms with E-state index in [1.807, 2.05) is 4.72 Å². The van der Waals surface area contributed by atoms with Gasteiger partial charge in [-0.15, -0.1) is 0 Å². The molecule has 5 fully saturated rings. The second kappa shape index (κ2) is 12.8. The maximum atomic E-state index is 16.6. The van der Waals surface area contributed by atoms with E-state index in [2.05, 4.69) is 20.1 Å². The number of sulfone groups is 1. The van der Waals surface area contributed by atoms with E-state index in [0.29, 0.717) is 33.9 Å². The van der Waals surface area contributed by atoms with E-state index in [1.54, 1.807) is 6.07 Å². The van der Waals surface area contributed by atoms with Gasteiger partial charge < -0.3 is 10.2 Å². The van der Waals surface area contributed by atoms with Gasteiger partial charge in [0.05, 0.1) is 39.0 Å². The van der Waals surface area contributed by atoms with Gasteiger partial charge in [-0.05, 0) is 67.9 Å². The lowest BCUT2D eigenvalue weighted by Crippen LogP contribution is -2.57. The van der Waals surface area contributed by atoms with E-state index >= 15 is 4.39 Å². The molecule has 2 saturated carbocycles. The molecule has 0 radical (unpaired) electrons. The summed E-state index contributed by atoms with van der Waals surface area (Å²) in [6.07, 6.45) is 1.82. The summed E-state index contributed by atoms with van der Waals surface area (Å²) in [6, 6.07) is 7.99. The van der Waals surface area contributed by atoms with Crippen LogP contribution in [0.3, 0.4) is 0 Å². The zero-order valence-electron chi connectivity index (χ0n) is 28.4. The van der Waals surface area contributed by atoms with Gasteiger partial charge in [0.1, 0.15) is 10.7 Å². The summed E-state index contributed by atoms with van der Waals surface area (Å²) in [4.78, 5) is 17.7. The number of rotatable bonds is 9. The highest BCUT2D eigenvalue weighted by Crippen LogP contribution is 2.49. The van der Waals surface area contributed by atoms with Crippen molar-refractivity contribution in [3.63, 3.8) is 0 Å². The van der Waals surface area contributed by atoms with E-state index in [0.717, 1.165) is 38.1 Å². The average molecular weight is 808 g/mol. The van der Waals surface area contributed by atoms with Crippen LogP contribution in [0.1, 0.15) is 37.7 Å². The molecule has 19 heteroatoms. The highest BCUT2D eigenvalue weighted by molar-refractivity contribution is 7.92. The number of nitrogens with one attached hydrogen (secondary N) is 2. The smallest absolute Gasteiger partial charge is 0.351 e. The van der Waals surface area contributed by atoms with Crippen LogP contribution in [0.2, 0.25) is 0 Å². The van der Waals surface area contributed by atoms with Crippen molar-refractivity contribution in [2.24, 2.45) is 11.8 Å². The number of benzene rings is 2. The average Bonchev–Trinajstić information content (AvgIpc) is 3.37. The third-order valence-electron chi connectivity index (χ3n) is 11.4. The van der Waals surface area contributed by atoms with E-state index in [9.17, 15) is 34.4 Å². The lowest BCUT2D eigenvalue weighted by molar-refractivity contribution is -0.140. The molecule has 54 heavy (non-hydrogen) atoms. The van der Waals surface area contributed by atoms with Gasteiger partial charge in [-0.25, -0.2) is 40.6 Å². The molecule has 3 saturated heterocycles. The van der Waals surface area contributed by atoms with Crippen molar-refractivity contribution in [2.75, 3.05) is 39.5 Å². The number of anilines is 3. The summed E-state index contributed by atoms with van der Waals surface area (Å²) in [7, 11) is -8.34. The van der Waals surface area contributed by atoms with Crippen molar-refractivity contribution < 1.29 is 38.8 Å². The number of sulfonamides is 1. The number of fused-ring (bicyclic) bond motifs is 3. The number of alkyl halides is 3. The molecule has 2 aromatic carbocycles. The van der Waals surface area contributed by atoms with E-state index < -0.39 is 53.8 Å². The van der Waals surface area contributed by atoms with E-state index in [1.165, 1.54) is 48.9 Å². The number of hydrogen-bond acceptors (Lipinski definition) is 11. The third-order valence-corrected chi connectivity index (χ3v) is 15.7. The SMILES string of the molecule is O=S1(=O)C[C@@H]2[C@H](C1)[C@H]2Nc1nccc(-c2sc(N3C4CCC3CN(C3CCC3)C4)nc2-c2cccc(NS(=O)(=O)c3c(F)cccc3C(F)(F)F)c2F)n1. The number of thiazole rings is 1. The van der Waals surface area contributed by atoms with Gasteiger partial charge in [0.25, 0.3) is 10.0 Å². The Morgan fingerprint density at radius 3 is 2.26 bits per heavy atom. The van der Waals surface area contributed by atoms with Crippen LogP contribution in [0.15, 0.2) is 53.6 Å². The second-order valence-electron chi connectivity index (χ2n) is 14.7. The quantitative estimate of drug-likeness (QED) is 0.193. The summed E-state index contributed by atoms with van der Waals surface area (Å²) >= 11 is 1.30. The van der Waals surface area contributed by atoms with Crippen molar-refractivity contribution in [1.29, 1.82) is 0 Å². The summed E-state index contributed by atoms with van der Waals surface area (Å²) in [5.74, 6) is -2.37. The molecule has 11 nitrogen and oxygen atoms in total. The first-order valence-electron chi connectivity index (χ1n) is 17.7. The Bertz CT molecular complexity index is 2340. The molecular weight excluding hydrogens is 774 g/mol. The number of hydrogen-bond donors (Lipinski definition) is 2. The van der Waals surface area contributed by atoms with Gasteiger partial charge in [0.15, 0.2) is 20.8 Å². The van der Waals surface area contributed by atoms with Gasteiger partial charge in [0, 0.05) is 49.0 Å². The van der Waals surface area contributed by atoms with Gasteiger partial charge in [-0.1, -0.05) is 29.9 Å². The van der Waals surface area contributed by atoms with Crippen LogP contribution in [0.25, 0.3) is 21.8 Å². The van der Waals surface area contributed by atoms with Crippen LogP contribution in [0.4, 0.5) is 38.7 Å². The molecule has 3 aliphatic heterocycles. The molecule has 4 aromatic rings. The minimum atomic E-state index is -5.28. The molecule has 2 bridgehead atoms. The molecule has 5 atom stereocenters. The molecule has 9 rings (SSSR count). The molecule has 2 unspecified atom stereocenters. The van der Waals surface area contributed by atoms with E-state index in [4.69, 9.17) is 9.97 Å². The minimum absolute atomic E-state index is 0.0286. The molecule has 2 N–H and O–H groups in total. The molecule has 0 spiro atoms. The molecule has 0 amide bonds. The second-order valence-corrected chi connectivity index (χ2v) is 19.5. The van der Waals surface area contributed by atoms with Crippen LogP contribution in [0, 0.1) is 23.5 Å². The van der Waals surface area contributed by atoms with Crippen molar-refractivity contribution in [3.05, 3.63) is 65.9 Å². The number of halogens is 5. The number of likely N-dealkylation sites (tertiary alicyclic amines) is 1. The van der Waals surface area contributed by atoms with E-state index in [-0.39, 0.29) is 58.7 Å². The molecule has 5 heterocycles. The standard InChI is InChI=1S/C35H34F5N7O4S3/c36-25-8-3-7-24(35(38,39)40)32(25)54(50,51)45-26-9-2-6-21(28(26)37)30-31(27-12-13-41-33(42-27)43-29-22-16-53(48,49)17-23(22)29)52-34(44-30)47-19-10-11-20(47)15-46(14-19)18-4-1-5-18/h2-3,6-9,12-13,18-20,22-23,29,45H,1,4-5,10-11,14-17H2,(H,41,42,43)/t19?,20?,22-,23+,29+. The van der Waals surface area contributed by atoms with Crippen LogP contribution in [-0.4, -0.2) is 85.5 Å². The summed E-state index contributed by atoms with van der Waals surface area (Å²) in [5, 5.41) is 3.87. The normalized spacial score (nSPS) is 26.4. The summed E-state index contributed by atoms with van der Waals surface area (Å²) < 4.78 is 125. The van der Waals surface area contributed by atoms with Gasteiger partial charge >= 0.3 is 6.18 Å². The fourth-order valence-corrected chi connectivity index (χ4v) is 13.3. The van der Waals surface area contributed by atoms with Crippen molar-refractivity contribution in [2.45, 2.75) is 67.3 Å². The molecule has 2 aromatic heterocycles. The molecule has 286 valence electrons. The predicted molar refractivity (Wildman–Crippen MR) is 192 cm³/mol. The first-order valence-corrected chi connectivity index (χ1v) is 21.8.